The van der Waals surface area contributed by atoms with E-state index in [4.69, 9.17) is 10.2 Å². The lowest BCUT2D eigenvalue weighted by Gasteiger charge is -2.25. The second-order valence-electron chi connectivity index (χ2n) is 6.46. The maximum absolute atomic E-state index is 13.6. The molecule has 32 heavy (non-hydrogen) atoms. The van der Waals surface area contributed by atoms with Crippen molar-refractivity contribution in [2.45, 2.75) is 23.6 Å². The largest absolute Gasteiger partial charge is 0.503 e. The minimum absolute atomic E-state index is 0.202. The minimum atomic E-state index is -4.48. The molecule has 0 atom stereocenters. The Morgan fingerprint density at radius 3 is 1.12 bits per heavy atom. The molecule has 0 aliphatic heterocycles. The van der Waals surface area contributed by atoms with Gasteiger partial charge in [-0.1, -0.05) is 13.8 Å². The number of aromatic hydroxyl groups is 2. The van der Waals surface area contributed by atoms with Gasteiger partial charge in [0.1, 0.15) is 0 Å². The first-order chi connectivity index (χ1) is 14.8. The Labute approximate surface area is 182 Å². The highest BCUT2D eigenvalue weighted by molar-refractivity contribution is 7.89. The summed E-state index contributed by atoms with van der Waals surface area (Å²) in [5.74, 6) is -8.66. The summed E-state index contributed by atoms with van der Waals surface area (Å²) in [4.78, 5) is -1.58. The Bertz CT molecular complexity index is 1080. The van der Waals surface area contributed by atoms with Gasteiger partial charge in [0.05, 0.1) is 9.79 Å². The van der Waals surface area contributed by atoms with Crippen LogP contribution < -0.4 is 0 Å². The van der Waals surface area contributed by atoms with Crippen molar-refractivity contribution < 1.29 is 44.6 Å². The molecular weight excluding hydrogens is 480 g/mol. The van der Waals surface area contributed by atoms with Crippen LogP contribution in [0.2, 0.25) is 0 Å². The molecule has 0 unspecified atom stereocenters. The average Bonchev–Trinajstić information content (AvgIpc) is 2.72. The van der Waals surface area contributed by atoms with Crippen molar-refractivity contribution >= 4 is 20.0 Å². The van der Waals surface area contributed by atoms with Crippen molar-refractivity contribution in [2.75, 3.05) is 26.2 Å². The van der Waals surface area contributed by atoms with Crippen LogP contribution in [0.15, 0.2) is 34.1 Å². The summed E-state index contributed by atoms with van der Waals surface area (Å²) in [6, 6.07) is 1.69. The normalized spacial score (nSPS) is 12.6. The van der Waals surface area contributed by atoms with Gasteiger partial charge in [-0.25, -0.2) is 34.4 Å². The van der Waals surface area contributed by atoms with Gasteiger partial charge in [-0.15, -0.1) is 0 Å². The molecule has 0 aliphatic carbocycles. The lowest BCUT2D eigenvalue weighted by molar-refractivity contribution is 0.357. The van der Waals surface area contributed by atoms with Gasteiger partial charge in [-0.05, 0) is 24.3 Å². The molecule has 0 aromatic heterocycles. The second-order valence-corrected chi connectivity index (χ2v) is 10.3. The highest BCUT2D eigenvalue weighted by Gasteiger charge is 2.30. The molecule has 2 aromatic rings. The highest BCUT2D eigenvalue weighted by Crippen LogP contribution is 2.27. The summed E-state index contributed by atoms with van der Waals surface area (Å²) in [5.41, 5.74) is 0. The van der Waals surface area contributed by atoms with E-state index in [1.807, 2.05) is 0 Å². The Morgan fingerprint density at radius 1 is 0.656 bits per heavy atom. The van der Waals surface area contributed by atoms with Crippen LogP contribution in [0.3, 0.4) is 0 Å². The lowest BCUT2D eigenvalue weighted by Crippen LogP contribution is -2.41. The minimum Gasteiger partial charge on any atom is -0.503 e. The van der Waals surface area contributed by atoms with Crippen LogP contribution in [0.5, 0.6) is 11.5 Å². The zero-order valence-corrected chi connectivity index (χ0v) is 18.5. The van der Waals surface area contributed by atoms with E-state index in [0.29, 0.717) is 24.3 Å². The third kappa shape index (κ3) is 4.98. The molecule has 0 saturated carbocycles. The van der Waals surface area contributed by atoms with Crippen LogP contribution >= 0.6 is 0 Å². The molecule has 0 saturated heterocycles. The van der Waals surface area contributed by atoms with E-state index in [1.165, 1.54) is 13.8 Å². The molecule has 178 valence electrons. The zero-order chi connectivity index (χ0) is 24.4. The van der Waals surface area contributed by atoms with E-state index < -0.39 is 77.7 Å². The van der Waals surface area contributed by atoms with E-state index in [2.05, 4.69) is 0 Å². The van der Waals surface area contributed by atoms with Gasteiger partial charge in [-0.3, -0.25) is 0 Å². The van der Waals surface area contributed by atoms with E-state index in [0.717, 1.165) is 8.61 Å². The van der Waals surface area contributed by atoms with Gasteiger partial charge in [0, 0.05) is 26.2 Å². The van der Waals surface area contributed by atoms with E-state index in [-0.39, 0.29) is 13.1 Å². The molecule has 2 rings (SSSR count). The number of nitrogens with zero attached hydrogens (tertiary/aromatic N) is 2. The van der Waals surface area contributed by atoms with Crippen LogP contribution in [0.4, 0.5) is 17.6 Å². The molecule has 0 bridgehead atoms. The number of phenolic OH excluding ortho intramolecular Hbond substituents is 2. The standard InChI is InChI=1S/C18H20F4N2O6S2/c1-3-23(31(27,28)11-7-13(19)17(25)14(20)8-11)5-6-24(4-2)32(29,30)12-9-15(21)18(26)16(22)10-12/h7-10,25-26H,3-6H2,1-2H3. The lowest BCUT2D eigenvalue weighted by atomic mass is 10.3. The van der Waals surface area contributed by atoms with Crippen molar-refractivity contribution in [1.82, 2.24) is 8.61 Å². The summed E-state index contributed by atoms with van der Waals surface area (Å²) in [5, 5.41) is 18.3. The molecule has 2 aromatic carbocycles. The fourth-order valence-corrected chi connectivity index (χ4v) is 5.73. The molecule has 14 heteroatoms. The first-order valence-electron chi connectivity index (χ1n) is 9.13. The number of hydrogen-bond acceptors (Lipinski definition) is 6. The molecule has 0 radical (unpaired) electrons. The highest BCUT2D eigenvalue weighted by atomic mass is 32.2. The molecule has 0 spiro atoms. The Morgan fingerprint density at radius 2 is 0.906 bits per heavy atom. The maximum Gasteiger partial charge on any atom is 0.243 e. The Hall–Kier alpha value is -2.42. The van der Waals surface area contributed by atoms with Crippen molar-refractivity contribution in [3.63, 3.8) is 0 Å². The molecule has 2 N–H and O–H groups in total. The number of rotatable bonds is 9. The quantitative estimate of drug-likeness (QED) is 0.511. The Balaban J connectivity index is 2.32. The summed E-state index contributed by atoms with van der Waals surface area (Å²) in [7, 11) is -8.96. The van der Waals surface area contributed by atoms with Crippen molar-refractivity contribution in [3.05, 3.63) is 47.5 Å². The number of benzene rings is 2. The maximum atomic E-state index is 13.6. The predicted molar refractivity (Wildman–Crippen MR) is 105 cm³/mol. The molecule has 0 aliphatic rings. The predicted octanol–water partition coefficient (Wildman–Crippen LogP) is 2.38. The third-order valence-electron chi connectivity index (χ3n) is 4.56. The van der Waals surface area contributed by atoms with Gasteiger partial charge >= 0.3 is 0 Å². The van der Waals surface area contributed by atoms with Crippen LogP contribution in [0, 0.1) is 23.3 Å². The van der Waals surface area contributed by atoms with E-state index in [1.54, 1.807) is 0 Å². The summed E-state index contributed by atoms with van der Waals surface area (Å²) >= 11 is 0. The van der Waals surface area contributed by atoms with Gasteiger partial charge in [0.2, 0.25) is 20.0 Å². The van der Waals surface area contributed by atoms with Crippen LogP contribution in [0.1, 0.15) is 13.8 Å². The van der Waals surface area contributed by atoms with E-state index >= 15 is 0 Å². The van der Waals surface area contributed by atoms with Gasteiger partial charge < -0.3 is 10.2 Å². The van der Waals surface area contributed by atoms with Crippen molar-refractivity contribution in [2.24, 2.45) is 0 Å². The number of sulfonamides is 2. The topological polar surface area (TPSA) is 115 Å². The summed E-state index contributed by atoms with van der Waals surface area (Å²) in [6.07, 6.45) is 0. The SMILES string of the molecule is CCN(CCN(CC)S(=O)(=O)c1cc(F)c(O)c(F)c1)S(=O)(=O)c1cc(F)c(O)c(F)c1. The molecule has 0 fully saturated rings. The van der Waals surface area contributed by atoms with E-state index in [9.17, 15) is 34.4 Å². The number of phenols is 2. The van der Waals surface area contributed by atoms with Gasteiger partial charge in [0.15, 0.2) is 34.8 Å². The fraction of sp³-hybridized carbons (Fsp3) is 0.333. The fourth-order valence-electron chi connectivity index (χ4n) is 2.80. The molecule has 8 nitrogen and oxygen atoms in total. The molecule has 0 heterocycles. The first-order valence-corrected chi connectivity index (χ1v) is 12.0. The van der Waals surface area contributed by atoms with Gasteiger partial charge in [-0.2, -0.15) is 8.61 Å². The smallest absolute Gasteiger partial charge is 0.243 e. The van der Waals surface area contributed by atoms with Crippen molar-refractivity contribution in [3.8, 4) is 11.5 Å². The number of hydrogen-bond donors (Lipinski definition) is 2. The number of halogens is 4. The van der Waals surface area contributed by atoms with Crippen LogP contribution in [0.25, 0.3) is 0 Å². The summed E-state index contributed by atoms with van der Waals surface area (Å²) < 4.78 is 107. The average molecular weight is 500 g/mol. The first kappa shape index (κ1) is 25.8. The monoisotopic (exact) mass is 500 g/mol. The Kier molecular flexibility index (Phi) is 7.75. The number of likely N-dealkylation sites (N-methyl/N-ethyl adjacent to an activating group) is 2. The van der Waals surface area contributed by atoms with Crippen molar-refractivity contribution in [1.29, 1.82) is 0 Å². The molecular formula is C18H20F4N2O6S2. The third-order valence-corrected chi connectivity index (χ3v) is 8.46. The van der Waals surface area contributed by atoms with Crippen LogP contribution in [-0.4, -0.2) is 61.8 Å². The molecule has 0 amide bonds. The second kappa shape index (κ2) is 9.60. The van der Waals surface area contributed by atoms with Gasteiger partial charge in [0.25, 0.3) is 0 Å². The van der Waals surface area contributed by atoms with Crippen LogP contribution in [-0.2, 0) is 20.0 Å². The summed E-state index contributed by atoms with van der Waals surface area (Å²) in [6.45, 7) is 1.48. The zero-order valence-electron chi connectivity index (χ0n) is 16.9.